The molecule has 1 N–H and O–H groups in total. The predicted octanol–water partition coefficient (Wildman–Crippen LogP) is 2.30. The van der Waals surface area contributed by atoms with Crippen molar-refractivity contribution in [2.75, 3.05) is 32.5 Å². The highest BCUT2D eigenvalue weighted by molar-refractivity contribution is 7.89. The summed E-state index contributed by atoms with van der Waals surface area (Å²) in [5, 5.41) is 2.59. The first-order valence-electron chi connectivity index (χ1n) is 9.28. The van der Waals surface area contributed by atoms with Crippen molar-refractivity contribution in [2.45, 2.75) is 43.9 Å². The third-order valence-electron chi connectivity index (χ3n) is 4.92. The molecule has 2 amide bonds. The van der Waals surface area contributed by atoms with E-state index < -0.39 is 10.0 Å². The van der Waals surface area contributed by atoms with Gasteiger partial charge in [0.1, 0.15) is 0 Å². The Morgan fingerprint density at radius 2 is 1.67 bits per heavy atom. The fraction of sp³-hybridized carbons (Fsp3) is 0.579. The number of likely N-dealkylation sites (N-methyl/N-ethyl adjacent to an activating group) is 2. The van der Waals surface area contributed by atoms with Crippen molar-refractivity contribution in [3.05, 3.63) is 24.3 Å². The molecule has 0 saturated heterocycles. The van der Waals surface area contributed by atoms with Crippen LogP contribution < -0.4 is 5.32 Å². The summed E-state index contributed by atoms with van der Waals surface area (Å²) in [5.74, 6) is 0.0757. The summed E-state index contributed by atoms with van der Waals surface area (Å²) in [6, 6.07) is 5.90. The second-order valence-electron chi connectivity index (χ2n) is 7.24. The van der Waals surface area contributed by atoms with Crippen molar-refractivity contribution in [3.8, 4) is 0 Å². The SMILES string of the molecule is CC(=O)Nc1ccc(S(=O)(=O)N(C)CC(=O)N(C)CC2CCCCC2)cc1. The van der Waals surface area contributed by atoms with Gasteiger partial charge in [-0.25, -0.2) is 8.42 Å². The van der Waals surface area contributed by atoms with Crippen molar-refractivity contribution < 1.29 is 18.0 Å². The third kappa shape index (κ3) is 6.04. The molecule has 0 aromatic heterocycles. The first-order chi connectivity index (χ1) is 12.7. The zero-order chi connectivity index (χ0) is 20.0. The molecule has 1 aliphatic rings. The third-order valence-corrected chi connectivity index (χ3v) is 6.74. The van der Waals surface area contributed by atoms with E-state index in [0.29, 0.717) is 18.2 Å². The van der Waals surface area contributed by atoms with E-state index in [-0.39, 0.29) is 23.3 Å². The van der Waals surface area contributed by atoms with Crippen LogP contribution in [-0.2, 0) is 19.6 Å². The van der Waals surface area contributed by atoms with Crippen LogP contribution in [0.5, 0.6) is 0 Å². The largest absolute Gasteiger partial charge is 0.344 e. The van der Waals surface area contributed by atoms with Gasteiger partial charge in [0.25, 0.3) is 0 Å². The van der Waals surface area contributed by atoms with Gasteiger partial charge in [0, 0.05) is 33.3 Å². The molecule has 0 spiro atoms. The maximum atomic E-state index is 12.7. The van der Waals surface area contributed by atoms with E-state index in [9.17, 15) is 18.0 Å². The number of carbonyl (C=O) groups excluding carboxylic acids is 2. The second kappa shape index (κ2) is 9.32. The van der Waals surface area contributed by atoms with Crippen LogP contribution in [0, 0.1) is 5.92 Å². The lowest BCUT2D eigenvalue weighted by Gasteiger charge is -2.28. The number of benzene rings is 1. The minimum atomic E-state index is -3.77. The summed E-state index contributed by atoms with van der Waals surface area (Å²) < 4.78 is 26.4. The number of rotatable bonds is 7. The van der Waals surface area contributed by atoms with Gasteiger partial charge < -0.3 is 10.2 Å². The van der Waals surface area contributed by atoms with Crippen LogP contribution in [0.15, 0.2) is 29.2 Å². The summed E-state index contributed by atoms with van der Waals surface area (Å²) >= 11 is 0. The van der Waals surface area contributed by atoms with Gasteiger partial charge in [-0.3, -0.25) is 9.59 Å². The van der Waals surface area contributed by atoms with Gasteiger partial charge in [0.15, 0.2) is 0 Å². The molecular formula is C19H29N3O4S. The van der Waals surface area contributed by atoms with Crippen molar-refractivity contribution in [2.24, 2.45) is 5.92 Å². The number of hydrogen-bond acceptors (Lipinski definition) is 4. The molecule has 1 aromatic rings. The Hall–Kier alpha value is -1.93. The maximum Gasteiger partial charge on any atom is 0.243 e. The van der Waals surface area contributed by atoms with Crippen LogP contribution in [-0.4, -0.2) is 56.6 Å². The van der Waals surface area contributed by atoms with E-state index in [4.69, 9.17) is 0 Å². The van der Waals surface area contributed by atoms with E-state index in [0.717, 1.165) is 17.1 Å². The van der Waals surface area contributed by atoms with E-state index >= 15 is 0 Å². The predicted molar refractivity (Wildman–Crippen MR) is 105 cm³/mol. The number of carbonyl (C=O) groups is 2. The first-order valence-corrected chi connectivity index (χ1v) is 10.7. The van der Waals surface area contributed by atoms with E-state index in [1.165, 1.54) is 57.5 Å². The van der Waals surface area contributed by atoms with Gasteiger partial charge in [-0.1, -0.05) is 19.3 Å². The quantitative estimate of drug-likeness (QED) is 0.767. The highest BCUT2D eigenvalue weighted by Crippen LogP contribution is 2.24. The Bertz CT molecular complexity index is 756. The molecule has 1 aromatic carbocycles. The summed E-state index contributed by atoms with van der Waals surface area (Å²) in [7, 11) is -0.631. The minimum absolute atomic E-state index is 0.0850. The van der Waals surface area contributed by atoms with Crippen LogP contribution in [0.25, 0.3) is 0 Å². The molecule has 1 aliphatic carbocycles. The summed E-state index contributed by atoms with van der Waals surface area (Å²) in [6.07, 6.45) is 5.93. The molecule has 27 heavy (non-hydrogen) atoms. The highest BCUT2D eigenvalue weighted by atomic mass is 32.2. The number of anilines is 1. The van der Waals surface area contributed by atoms with E-state index in [1.54, 1.807) is 11.9 Å². The van der Waals surface area contributed by atoms with Gasteiger partial charge in [-0.15, -0.1) is 0 Å². The lowest BCUT2D eigenvalue weighted by molar-refractivity contribution is -0.130. The second-order valence-corrected chi connectivity index (χ2v) is 9.29. The van der Waals surface area contributed by atoms with Crippen LogP contribution in [0.4, 0.5) is 5.69 Å². The van der Waals surface area contributed by atoms with Crippen molar-refractivity contribution in [3.63, 3.8) is 0 Å². The summed E-state index contributed by atoms with van der Waals surface area (Å²) in [5.41, 5.74) is 0.521. The van der Waals surface area contributed by atoms with Crippen molar-refractivity contribution in [1.82, 2.24) is 9.21 Å². The molecule has 0 unspecified atom stereocenters. The van der Waals surface area contributed by atoms with Crippen molar-refractivity contribution >= 4 is 27.5 Å². The molecular weight excluding hydrogens is 366 g/mol. The zero-order valence-corrected chi connectivity index (χ0v) is 17.1. The molecule has 2 rings (SSSR count). The fourth-order valence-corrected chi connectivity index (χ4v) is 4.47. The minimum Gasteiger partial charge on any atom is -0.344 e. The number of hydrogen-bond donors (Lipinski definition) is 1. The van der Waals surface area contributed by atoms with Crippen LogP contribution in [0.1, 0.15) is 39.0 Å². The first kappa shape index (κ1) is 21.4. The molecule has 7 nitrogen and oxygen atoms in total. The number of nitrogens with one attached hydrogen (secondary N) is 1. The van der Waals surface area contributed by atoms with E-state index in [1.807, 2.05) is 0 Å². The number of nitrogens with zero attached hydrogens (tertiary/aromatic N) is 2. The molecule has 150 valence electrons. The van der Waals surface area contributed by atoms with Gasteiger partial charge in [-0.05, 0) is 43.0 Å². The number of amides is 2. The monoisotopic (exact) mass is 395 g/mol. The number of sulfonamides is 1. The van der Waals surface area contributed by atoms with Gasteiger partial charge >= 0.3 is 0 Å². The normalized spacial score (nSPS) is 15.6. The Labute approximate surface area is 161 Å². The Morgan fingerprint density at radius 3 is 2.22 bits per heavy atom. The highest BCUT2D eigenvalue weighted by Gasteiger charge is 2.25. The Balaban J connectivity index is 1.96. The Morgan fingerprint density at radius 1 is 1.07 bits per heavy atom. The standard InChI is InChI=1S/C19H29N3O4S/c1-15(23)20-17-9-11-18(12-10-17)27(25,26)22(3)14-19(24)21(2)13-16-7-5-4-6-8-16/h9-12,16H,4-8,13-14H2,1-3H3,(H,20,23). The lowest BCUT2D eigenvalue weighted by Crippen LogP contribution is -2.41. The molecule has 0 atom stereocenters. The summed E-state index contributed by atoms with van der Waals surface area (Å²) in [6.45, 7) is 1.87. The topological polar surface area (TPSA) is 86.8 Å². The smallest absolute Gasteiger partial charge is 0.243 e. The van der Waals surface area contributed by atoms with Gasteiger partial charge in [0.05, 0.1) is 11.4 Å². The van der Waals surface area contributed by atoms with Crippen LogP contribution >= 0.6 is 0 Å². The van der Waals surface area contributed by atoms with Gasteiger partial charge in [0.2, 0.25) is 21.8 Å². The average molecular weight is 396 g/mol. The van der Waals surface area contributed by atoms with Crippen LogP contribution in [0.3, 0.4) is 0 Å². The fourth-order valence-electron chi connectivity index (χ4n) is 3.35. The van der Waals surface area contributed by atoms with Gasteiger partial charge in [-0.2, -0.15) is 4.31 Å². The molecule has 8 heteroatoms. The van der Waals surface area contributed by atoms with Crippen molar-refractivity contribution in [1.29, 1.82) is 0 Å². The molecule has 1 saturated carbocycles. The maximum absolute atomic E-state index is 12.7. The molecule has 1 fully saturated rings. The molecule has 0 bridgehead atoms. The summed E-state index contributed by atoms with van der Waals surface area (Å²) in [4.78, 5) is 25.2. The zero-order valence-electron chi connectivity index (χ0n) is 16.3. The molecule has 0 aliphatic heterocycles. The molecule has 0 heterocycles. The molecule has 0 radical (unpaired) electrons. The Kier molecular flexibility index (Phi) is 7.38. The lowest BCUT2D eigenvalue weighted by atomic mass is 9.89. The van der Waals surface area contributed by atoms with Crippen LogP contribution in [0.2, 0.25) is 0 Å². The average Bonchev–Trinajstić information content (AvgIpc) is 2.62. The van der Waals surface area contributed by atoms with E-state index in [2.05, 4.69) is 5.32 Å².